The van der Waals surface area contributed by atoms with E-state index in [0.29, 0.717) is 11.2 Å². The first kappa shape index (κ1) is 18.8. The minimum atomic E-state index is -3.87. The Balaban J connectivity index is 1.93. The molecule has 27 heavy (non-hydrogen) atoms. The van der Waals surface area contributed by atoms with Crippen LogP contribution in [0.1, 0.15) is 31.1 Å². The van der Waals surface area contributed by atoms with E-state index in [0.717, 1.165) is 5.39 Å². The fourth-order valence-corrected chi connectivity index (χ4v) is 3.72. The first-order valence-corrected chi connectivity index (χ1v) is 9.93. The largest absolute Gasteiger partial charge is 0.347 e. The zero-order chi connectivity index (χ0) is 19.7. The molecule has 2 aromatic carbocycles. The lowest BCUT2D eigenvalue weighted by molar-refractivity contribution is 0.0919. The Morgan fingerprint density at radius 1 is 1.00 bits per heavy atom. The van der Waals surface area contributed by atoms with Gasteiger partial charge in [-0.25, -0.2) is 8.42 Å². The average Bonchev–Trinajstić information content (AvgIpc) is 2.60. The van der Waals surface area contributed by atoms with Gasteiger partial charge in [0.2, 0.25) is 0 Å². The number of pyridine rings is 1. The van der Waals surface area contributed by atoms with Crippen LogP contribution in [0.4, 0.5) is 5.69 Å². The van der Waals surface area contributed by atoms with Crippen LogP contribution < -0.4 is 10.0 Å². The van der Waals surface area contributed by atoms with Crippen LogP contribution >= 0.6 is 0 Å². The van der Waals surface area contributed by atoms with Crippen LogP contribution in [0.25, 0.3) is 10.9 Å². The molecule has 0 aliphatic rings. The quantitative estimate of drug-likeness (QED) is 0.721. The Morgan fingerprint density at radius 2 is 1.70 bits per heavy atom. The fraction of sp³-hybridized carbons (Fsp3) is 0.200. The van der Waals surface area contributed by atoms with Gasteiger partial charge in [-0.3, -0.25) is 14.5 Å². The SMILES string of the molecule is CC(C)(C)NC(=O)c1cccc(S(=O)(=O)Nc2cccc3cccnc23)c1. The molecule has 3 rings (SSSR count). The molecular formula is C20H21N3O3S. The maximum Gasteiger partial charge on any atom is 0.261 e. The molecule has 0 radical (unpaired) electrons. The lowest BCUT2D eigenvalue weighted by atomic mass is 10.1. The molecule has 3 aromatic rings. The Kier molecular flexibility index (Phi) is 4.89. The number of rotatable bonds is 4. The van der Waals surface area contributed by atoms with Crippen molar-refractivity contribution in [3.63, 3.8) is 0 Å². The lowest BCUT2D eigenvalue weighted by Crippen LogP contribution is -2.40. The van der Waals surface area contributed by atoms with Crippen LogP contribution in [0.15, 0.2) is 65.7 Å². The topological polar surface area (TPSA) is 88.2 Å². The van der Waals surface area contributed by atoms with Crippen molar-refractivity contribution >= 4 is 32.5 Å². The van der Waals surface area contributed by atoms with Crippen LogP contribution in [-0.4, -0.2) is 24.8 Å². The van der Waals surface area contributed by atoms with Crippen molar-refractivity contribution in [1.29, 1.82) is 0 Å². The van der Waals surface area contributed by atoms with Crippen LogP contribution in [0.3, 0.4) is 0 Å². The molecule has 7 heteroatoms. The van der Waals surface area contributed by atoms with Gasteiger partial charge in [-0.1, -0.05) is 24.3 Å². The van der Waals surface area contributed by atoms with E-state index in [1.807, 2.05) is 32.9 Å². The Hall–Kier alpha value is -2.93. The number of benzene rings is 2. The van der Waals surface area contributed by atoms with E-state index in [1.165, 1.54) is 12.1 Å². The molecule has 0 saturated carbocycles. The van der Waals surface area contributed by atoms with Gasteiger partial charge >= 0.3 is 0 Å². The van der Waals surface area contributed by atoms with E-state index in [4.69, 9.17) is 0 Å². The number of hydrogen-bond donors (Lipinski definition) is 2. The van der Waals surface area contributed by atoms with Gasteiger partial charge in [-0.2, -0.15) is 0 Å². The smallest absolute Gasteiger partial charge is 0.261 e. The summed E-state index contributed by atoms with van der Waals surface area (Å²) in [5, 5.41) is 3.65. The first-order chi connectivity index (χ1) is 12.7. The zero-order valence-corrected chi connectivity index (χ0v) is 16.2. The highest BCUT2D eigenvalue weighted by Gasteiger charge is 2.20. The summed E-state index contributed by atoms with van der Waals surface area (Å²) >= 11 is 0. The molecule has 140 valence electrons. The number of nitrogens with zero attached hydrogens (tertiary/aromatic N) is 1. The number of carbonyl (C=O) groups excluding carboxylic acids is 1. The Morgan fingerprint density at radius 3 is 2.44 bits per heavy atom. The molecule has 1 amide bonds. The van der Waals surface area contributed by atoms with Crippen LogP contribution in [0.5, 0.6) is 0 Å². The second-order valence-corrected chi connectivity index (χ2v) is 8.90. The fourth-order valence-electron chi connectivity index (χ4n) is 2.61. The standard InChI is InChI=1S/C20H21N3O3S/c1-20(2,3)22-19(24)15-8-4-10-16(13-15)27(25,26)23-17-11-5-7-14-9-6-12-21-18(14)17/h4-13,23H,1-3H3,(H,22,24). The number of hydrogen-bond acceptors (Lipinski definition) is 4. The highest BCUT2D eigenvalue weighted by atomic mass is 32.2. The molecule has 0 saturated heterocycles. The number of carbonyl (C=O) groups is 1. The van der Waals surface area contributed by atoms with E-state index in [9.17, 15) is 13.2 Å². The van der Waals surface area contributed by atoms with Gasteiger partial charge in [-0.15, -0.1) is 0 Å². The van der Waals surface area contributed by atoms with Crippen molar-refractivity contribution in [2.75, 3.05) is 4.72 Å². The van der Waals surface area contributed by atoms with E-state index < -0.39 is 15.6 Å². The van der Waals surface area contributed by atoms with Crippen LogP contribution in [-0.2, 0) is 10.0 Å². The highest BCUT2D eigenvalue weighted by Crippen LogP contribution is 2.24. The molecule has 0 atom stereocenters. The molecule has 1 heterocycles. The molecule has 0 aliphatic heterocycles. The normalized spacial score (nSPS) is 12.0. The minimum Gasteiger partial charge on any atom is -0.347 e. The second-order valence-electron chi connectivity index (χ2n) is 7.22. The summed E-state index contributed by atoms with van der Waals surface area (Å²) in [6.07, 6.45) is 1.61. The molecular weight excluding hydrogens is 362 g/mol. The molecule has 0 fully saturated rings. The molecule has 2 N–H and O–H groups in total. The van der Waals surface area contributed by atoms with Crippen LogP contribution in [0, 0.1) is 0 Å². The van der Waals surface area contributed by atoms with E-state index >= 15 is 0 Å². The summed E-state index contributed by atoms with van der Waals surface area (Å²) < 4.78 is 28.2. The summed E-state index contributed by atoms with van der Waals surface area (Å²) in [7, 11) is -3.87. The number of fused-ring (bicyclic) bond motifs is 1. The van der Waals surface area contributed by atoms with Gasteiger partial charge in [0.05, 0.1) is 16.1 Å². The van der Waals surface area contributed by atoms with Crippen molar-refractivity contribution in [2.24, 2.45) is 0 Å². The number of aromatic nitrogens is 1. The number of nitrogens with one attached hydrogen (secondary N) is 2. The van der Waals surface area contributed by atoms with Gasteiger partial charge in [0.1, 0.15) is 0 Å². The van der Waals surface area contributed by atoms with Crippen molar-refractivity contribution in [2.45, 2.75) is 31.2 Å². The van der Waals surface area contributed by atoms with Gasteiger partial charge in [0.15, 0.2) is 0 Å². The van der Waals surface area contributed by atoms with E-state index in [1.54, 1.807) is 36.5 Å². The molecule has 0 spiro atoms. The van der Waals surface area contributed by atoms with E-state index in [-0.39, 0.29) is 16.4 Å². The Bertz CT molecular complexity index is 1100. The maximum absolute atomic E-state index is 12.8. The molecule has 1 aromatic heterocycles. The second kappa shape index (κ2) is 7.00. The predicted octanol–water partition coefficient (Wildman–Crippen LogP) is 3.56. The van der Waals surface area contributed by atoms with Gasteiger partial charge in [0, 0.05) is 22.7 Å². The van der Waals surface area contributed by atoms with Gasteiger partial charge < -0.3 is 5.32 Å². The molecule has 0 bridgehead atoms. The third kappa shape index (κ3) is 4.43. The summed E-state index contributed by atoms with van der Waals surface area (Å²) in [5.41, 5.74) is 0.811. The number of sulfonamides is 1. The van der Waals surface area contributed by atoms with Gasteiger partial charge in [-0.05, 0) is 51.1 Å². The van der Waals surface area contributed by atoms with Crippen LogP contribution in [0.2, 0.25) is 0 Å². The summed E-state index contributed by atoms with van der Waals surface area (Å²) in [4.78, 5) is 16.6. The monoisotopic (exact) mass is 383 g/mol. The van der Waals surface area contributed by atoms with Crippen molar-refractivity contribution < 1.29 is 13.2 Å². The highest BCUT2D eigenvalue weighted by molar-refractivity contribution is 7.92. The summed E-state index contributed by atoms with van der Waals surface area (Å²) in [6, 6.07) is 14.9. The first-order valence-electron chi connectivity index (χ1n) is 8.45. The van der Waals surface area contributed by atoms with Crippen molar-refractivity contribution in [1.82, 2.24) is 10.3 Å². The van der Waals surface area contributed by atoms with Crippen molar-refractivity contribution in [3.05, 3.63) is 66.4 Å². The summed E-state index contributed by atoms with van der Waals surface area (Å²) in [5.74, 6) is -0.327. The maximum atomic E-state index is 12.8. The van der Waals surface area contributed by atoms with E-state index in [2.05, 4.69) is 15.0 Å². The molecule has 6 nitrogen and oxygen atoms in total. The lowest BCUT2D eigenvalue weighted by Gasteiger charge is -2.20. The third-order valence-corrected chi connectivity index (χ3v) is 5.14. The Labute approximate surface area is 158 Å². The van der Waals surface area contributed by atoms with Crippen molar-refractivity contribution in [3.8, 4) is 0 Å². The number of para-hydroxylation sites is 1. The number of anilines is 1. The molecule has 0 aliphatic carbocycles. The molecule has 0 unspecified atom stereocenters. The summed E-state index contributed by atoms with van der Waals surface area (Å²) in [6.45, 7) is 5.59. The third-order valence-electron chi connectivity index (χ3n) is 3.77. The predicted molar refractivity (Wildman–Crippen MR) is 106 cm³/mol. The number of amides is 1. The minimum absolute atomic E-state index is 0.0111. The van der Waals surface area contributed by atoms with Gasteiger partial charge in [0.25, 0.3) is 15.9 Å². The average molecular weight is 383 g/mol. The zero-order valence-electron chi connectivity index (χ0n) is 15.4.